The number of nitrogens with zero attached hydrogens (tertiary/aromatic N) is 10. The van der Waals surface area contributed by atoms with Crippen LogP contribution in [0.25, 0.3) is 25.6 Å². The molecule has 0 bridgehead atoms. The highest BCUT2D eigenvalue weighted by molar-refractivity contribution is 7.22. The molecule has 0 aliphatic rings. The lowest BCUT2D eigenvalue weighted by molar-refractivity contribution is 0.559. The molecule has 0 N–H and O–H groups in total. The van der Waals surface area contributed by atoms with E-state index in [-0.39, 0.29) is 0 Å². The number of rotatable bonds is 11. The van der Waals surface area contributed by atoms with Gasteiger partial charge in [-0.3, -0.25) is 0 Å². The van der Waals surface area contributed by atoms with Crippen molar-refractivity contribution in [2.45, 2.75) is 66.7 Å². The zero-order chi connectivity index (χ0) is 34.0. The predicted octanol–water partition coefficient (Wildman–Crippen LogP) is 10.2. The average molecular weight is 677 g/mol. The number of aryl methyl sites for hydroxylation is 1. The quantitative estimate of drug-likeness (QED) is 0.126. The van der Waals surface area contributed by atoms with Crippen molar-refractivity contribution in [3.63, 3.8) is 0 Å². The second-order valence-electron chi connectivity index (χ2n) is 12.6. The van der Waals surface area contributed by atoms with Crippen LogP contribution in [0, 0.1) is 18.3 Å². The lowest BCUT2D eigenvalue weighted by atomic mass is 9.90. The van der Waals surface area contributed by atoms with E-state index in [2.05, 4.69) is 54.8 Å². The minimum Gasteiger partial charge on any atom is -0.355 e. The molecule has 2 aromatic carbocycles. The van der Waals surface area contributed by atoms with Crippen molar-refractivity contribution >= 4 is 71.4 Å². The average Bonchev–Trinajstić information content (AvgIpc) is 3.79. The van der Waals surface area contributed by atoms with Gasteiger partial charge in [0.25, 0.3) is 0 Å². The molecule has 12 heteroatoms. The van der Waals surface area contributed by atoms with Crippen molar-refractivity contribution in [2.75, 3.05) is 29.4 Å². The fourth-order valence-corrected chi connectivity index (χ4v) is 7.47. The number of anilines is 3. The SMILES string of the molecule is CCCCN(c1cc(C)c(/N=N/c2c(C#N)c(C(C)(C)C)nn2-c2nc3ccccc3s2)c(N(CC)CC)n1)c1nc2ccccc2s1. The molecular formula is C36H40N10S2. The summed E-state index contributed by atoms with van der Waals surface area (Å²) in [5.41, 5.74) is 4.07. The van der Waals surface area contributed by atoms with Gasteiger partial charge in [-0.1, -0.05) is 81.1 Å². The summed E-state index contributed by atoms with van der Waals surface area (Å²) < 4.78 is 3.84. The Morgan fingerprint density at radius 1 is 0.896 bits per heavy atom. The van der Waals surface area contributed by atoms with Gasteiger partial charge in [0.2, 0.25) is 5.13 Å². The second kappa shape index (κ2) is 13.8. The number of hydrogen-bond acceptors (Lipinski definition) is 11. The minimum absolute atomic E-state index is 0.356. The van der Waals surface area contributed by atoms with Crippen LogP contribution in [0.2, 0.25) is 0 Å². The van der Waals surface area contributed by atoms with Crippen LogP contribution in [0.5, 0.6) is 0 Å². The van der Waals surface area contributed by atoms with Crippen molar-refractivity contribution in [1.82, 2.24) is 24.7 Å². The Hall–Kier alpha value is -4.73. The van der Waals surface area contributed by atoms with Gasteiger partial charge in [0.1, 0.15) is 23.1 Å². The molecule has 246 valence electrons. The Kier molecular flexibility index (Phi) is 9.53. The number of benzene rings is 2. The molecule has 6 rings (SSSR count). The maximum absolute atomic E-state index is 10.4. The highest BCUT2D eigenvalue weighted by Crippen LogP contribution is 2.41. The topological polar surface area (TPSA) is 111 Å². The van der Waals surface area contributed by atoms with Crippen LogP contribution in [-0.4, -0.2) is 44.4 Å². The number of aromatic nitrogens is 5. The van der Waals surface area contributed by atoms with Gasteiger partial charge in [-0.2, -0.15) is 15.0 Å². The zero-order valence-electron chi connectivity index (χ0n) is 28.5. The molecule has 0 unspecified atom stereocenters. The third-order valence-electron chi connectivity index (χ3n) is 8.13. The number of fused-ring (bicyclic) bond motifs is 2. The number of nitriles is 1. The van der Waals surface area contributed by atoms with Crippen LogP contribution < -0.4 is 9.80 Å². The van der Waals surface area contributed by atoms with E-state index >= 15 is 0 Å². The largest absolute Gasteiger partial charge is 0.355 e. The Labute approximate surface area is 289 Å². The van der Waals surface area contributed by atoms with E-state index in [1.54, 1.807) is 16.0 Å². The number of hydrogen-bond donors (Lipinski definition) is 0. The highest BCUT2D eigenvalue weighted by Gasteiger charge is 2.29. The number of para-hydroxylation sites is 2. The van der Waals surface area contributed by atoms with E-state index in [4.69, 9.17) is 30.3 Å². The van der Waals surface area contributed by atoms with Crippen LogP contribution in [-0.2, 0) is 5.41 Å². The molecule has 4 heterocycles. The van der Waals surface area contributed by atoms with Crippen LogP contribution in [0.4, 0.5) is 28.3 Å². The van der Waals surface area contributed by atoms with E-state index in [0.29, 0.717) is 27.9 Å². The fraction of sp³-hybridized carbons (Fsp3) is 0.361. The monoisotopic (exact) mass is 676 g/mol. The Morgan fingerprint density at radius 3 is 2.17 bits per heavy atom. The van der Waals surface area contributed by atoms with Gasteiger partial charge < -0.3 is 9.80 Å². The van der Waals surface area contributed by atoms with Crippen molar-refractivity contribution in [2.24, 2.45) is 10.2 Å². The summed E-state index contributed by atoms with van der Waals surface area (Å²) in [5.74, 6) is 1.92. The molecule has 0 spiro atoms. The molecule has 4 aromatic heterocycles. The van der Waals surface area contributed by atoms with Gasteiger partial charge in [0, 0.05) is 25.0 Å². The first-order valence-electron chi connectivity index (χ1n) is 16.4. The maximum Gasteiger partial charge on any atom is 0.213 e. The smallest absolute Gasteiger partial charge is 0.213 e. The zero-order valence-corrected chi connectivity index (χ0v) is 30.2. The fourth-order valence-electron chi connectivity index (χ4n) is 5.55. The summed E-state index contributed by atoms with van der Waals surface area (Å²) >= 11 is 3.18. The van der Waals surface area contributed by atoms with E-state index < -0.39 is 5.41 Å². The standard InChI is InChI=1S/C36H40N10S2/c1-8-11-20-45(34-38-25-16-12-14-18-27(25)47-34)29-21-23(4)30(33(40-29)44(9-2)10-3)41-42-32-24(22-37)31(36(5,6)7)43-46(32)35-39-26-17-13-15-19-28(26)48-35/h12-19,21H,8-11,20H2,1-7H3/b42-41+. The first-order chi connectivity index (χ1) is 23.2. The molecule has 6 aromatic rings. The molecule has 0 aliphatic heterocycles. The van der Waals surface area contributed by atoms with Gasteiger partial charge >= 0.3 is 0 Å². The lowest BCUT2D eigenvalue weighted by Crippen LogP contribution is -2.25. The lowest BCUT2D eigenvalue weighted by Gasteiger charge is -2.26. The number of unbranched alkanes of at least 4 members (excludes halogenated alkanes) is 1. The number of azo groups is 1. The van der Waals surface area contributed by atoms with Gasteiger partial charge in [0.15, 0.2) is 16.8 Å². The molecular weight excluding hydrogens is 637 g/mol. The van der Waals surface area contributed by atoms with Crippen molar-refractivity contribution in [3.8, 4) is 11.2 Å². The van der Waals surface area contributed by atoms with Crippen molar-refractivity contribution < 1.29 is 0 Å². The first-order valence-corrected chi connectivity index (χ1v) is 18.0. The molecule has 0 saturated carbocycles. The van der Waals surface area contributed by atoms with E-state index in [0.717, 1.165) is 75.2 Å². The number of pyridine rings is 1. The Bertz CT molecular complexity index is 2070. The van der Waals surface area contributed by atoms with E-state index in [1.807, 2.05) is 64.1 Å². The second-order valence-corrected chi connectivity index (χ2v) is 14.6. The normalized spacial score (nSPS) is 12.0. The van der Waals surface area contributed by atoms with Crippen LogP contribution >= 0.6 is 22.7 Å². The van der Waals surface area contributed by atoms with Gasteiger partial charge in [-0.25, -0.2) is 15.0 Å². The Morgan fingerprint density at radius 2 is 1.56 bits per heavy atom. The predicted molar refractivity (Wildman–Crippen MR) is 198 cm³/mol. The Balaban J connectivity index is 1.50. The summed E-state index contributed by atoms with van der Waals surface area (Å²) in [7, 11) is 0. The molecule has 10 nitrogen and oxygen atoms in total. The molecule has 0 saturated heterocycles. The van der Waals surface area contributed by atoms with Gasteiger partial charge in [0.05, 0.1) is 26.1 Å². The third-order valence-corrected chi connectivity index (χ3v) is 10.2. The third kappa shape index (κ3) is 6.40. The van der Waals surface area contributed by atoms with Crippen LogP contribution in [0.3, 0.4) is 0 Å². The van der Waals surface area contributed by atoms with Crippen LogP contribution in [0.15, 0.2) is 64.8 Å². The molecule has 0 atom stereocenters. The highest BCUT2D eigenvalue weighted by atomic mass is 32.1. The molecule has 0 amide bonds. The minimum atomic E-state index is -0.397. The first kappa shape index (κ1) is 33.2. The summed E-state index contributed by atoms with van der Waals surface area (Å²) in [6, 6.07) is 20.6. The summed E-state index contributed by atoms with van der Waals surface area (Å²) in [6.07, 6.45) is 2.05. The summed E-state index contributed by atoms with van der Waals surface area (Å²) in [4.78, 5) is 19.5. The summed E-state index contributed by atoms with van der Waals surface area (Å²) in [5, 5.41) is 26.5. The number of thiazole rings is 2. The molecule has 0 aliphatic carbocycles. The van der Waals surface area contributed by atoms with E-state index in [9.17, 15) is 5.26 Å². The molecule has 0 fully saturated rings. The van der Waals surface area contributed by atoms with Crippen molar-refractivity contribution in [1.29, 1.82) is 5.26 Å². The molecule has 0 radical (unpaired) electrons. The summed E-state index contributed by atoms with van der Waals surface area (Å²) in [6.45, 7) is 16.9. The van der Waals surface area contributed by atoms with Crippen molar-refractivity contribution in [3.05, 3.63) is 71.4 Å². The van der Waals surface area contributed by atoms with Crippen LogP contribution in [0.1, 0.15) is 71.2 Å². The van der Waals surface area contributed by atoms with Gasteiger partial charge in [-0.15, -0.1) is 10.2 Å². The maximum atomic E-state index is 10.4. The van der Waals surface area contributed by atoms with Gasteiger partial charge in [-0.05, 0) is 63.1 Å². The molecule has 48 heavy (non-hydrogen) atoms. The van der Waals surface area contributed by atoms with E-state index in [1.165, 1.54) is 11.3 Å².